The van der Waals surface area contributed by atoms with Gasteiger partial charge in [0, 0.05) is 31.1 Å². The number of piperazine rings is 1. The highest BCUT2D eigenvalue weighted by molar-refractivity contribution is 7.09. The van der Waals surface area contributed by atoms with E-state index in [0.29, 0.717) is 12.2 Å². The van der Waals surface area contributed by atoms with Gasteiger partial charge >= 0.3 is 0 Å². The van der Waals surface area contributed by atoms with Gasteiger partial charge in [-0.3, -0.25) is 4.90 Å². The van der Waals surface area contributed by atoms with Gasteiger partial charge in [-0.1, -0.05) is 25.1 Å². The zero-order valence-corrected chi connectivity index (χ0v) is 16.1. The standard InChI is InChI=1S/C19H23FN6S/c1-2-17(19-21-22-23-26(19)14-15-6-5-13-27-15)24-9-11-25(12-10-24)18-8-4-3-7-16(18)20/h3-8,13,17H,2,9-12,14H2,1H3. The van der Waals surface area contributed by atoms with Crippen LogP contribution in [0.1, 0.15) is 30.1 Å². The van der Waals surface area contributed by atoms with Crippen molar-refractivity contribution in [3.8, 4) is 0 Å². The van der Waals surface area contributed by atoms with Gasteiger partial charge < -0.3 is 4.90 Å². The monoisotopic (exact) mass is 386 g/mol. The van der Waals surface area contributed by atoms with Crippen molar-refractivity contribution in [1.29, 1.82) is 0 Å². The number of thiophene rings is 1. The molecule has 1 unspecified atom stereocenters. The normalized spacial score (nSPS) is 16.6. The highest BCUT2D eigenvalue weighted by Gasteiger charge is 2.28. The predicted octanol–water partition coefficient (Wildman–Crippen LogP) is 3.20. The molecule has 4 rings (SSSR count). The topological polar surface area (TPSA) is 50.1 Å². The molecule has 8 heteroatoms. The molecule has 1 saturated heterocycles. The zero-order valence-electron chi connectivity index (χ0n) is 15.3. The molecule has 0 radical (unpaired) electrons. The maximum absolute atomic E-state index is 14.1. The van der Waals surface area contributed by atoms with Gasteiger partial charge in [0.15, 0.2) is 5.82 Å². The molecule has 3 aromatic rings. The van der Waals surface area contributed by atoms with Crippen LogP contribution in [-0.2, 0) is 6.54 Å². The van der Waals surface area contributed by atoms with E-state index in [1.165, 1.54) is 10.9 Å². The Labute approximate surface area is 162 Å². The molecule has 1 atom stereocenters. The van der Waals surface area contributed by atoms with Gasteiger partial charge in [-0.15, -0.1) is 16.4 Å². The predicted molar refractivity (Wildman–Crippen MR) is 104 cm³/mol. The van der Waals surface area contributed by atoms with Crippen LogP contribution in [0.15, 0.2) is 41.8 Å². The van der Waals surface area contributed by atoms with E-state index < -0.39 is 0 Å². The summed E-state index contributed by atoms with van der Waals surface area (Å²) in [6.45, 7) is 6.18. The summed E-state index contributed by atoms with van der Waals surface area (Å²) >= 11 is 1.71. The molecule has 2 aromatic heterocycles. The molecule has 0 amide bonds. The van der Waals surface area contributed by atoms with Crippen molar-refractivity contribution in [2.24, 2.45) is 0 Å². The average Bonchev–Trinajstić information content (AvgIpc) is 3.37. The molecule has 3 heterocycles. The summed E-state index contributed by atoms with van der Waals surface area (Å²) < 4.78 is 16.0. The summed E-state index contributed by atoms with van der Waals surface area (Å²) in [6.07, 6.45) is 0.935. The van der Waals surface area contributed by atoms with Gasteiger partial charge in [0.25, 0.3) is 0 Å². The van der Waals surface area contributed by atoms with Crippen LogP contribution < -0.4 is 4.90 Å². The van der Waals surface area contributed by atoms with Gasteiger partial charge in [0.1, 0.15) is 5.82 Å². The maximum atomic E-state index is 14.1. The molecular weight excluding hydrogens is 363 g/mol. The number of rotatable bonds is 6. The second-order valence-electron chi connectivity index (χ2n) is 6.67. The van der Waals surface area contributed by atoms with Crippen LogP contribution in [0.25, 0.3) is 0 Å². The Kier molecular flexibility index (Phi) is 5.45. The van der Waals surface area contributed by atoms with Crippen molar-refractivity contribution in [3.63, 3.8) is 0 Å². The Morgan fingerprint density at radius 3 is 2.63 bits per heavy atom. The molecular formula is C19H23FN6S. The number of halogens is 1. The lowest BCUT2D eigenvalue weighted by molar-refractivity contribution is 0.169. The first-order valence-corrected chi connectivity index (χ1v) is 10.2. The average molecular weight is 387 g/mol. The Morgan fingerprint density at radius 2 is 1.93 bits per heavy atom. The number of hydrogen-bond donors (Lipinski definition) is 0. The van der Waals surface area contributed by atoms with Gasteiger partial charge in [-0.25, -0.2) is 9.07 Å². The van der Waals surface area contributed by atoms with Crippen LogP contribution in [0.3, 0.4) is 0 Å². The van der Waals surface area contributed by atoms with Crippen molar-refractivity contribution < 1.29 is 4.39 Å². The molecule has 6 nitrogen and oxygen atoms in total. The van der Waals surface area contributed by atoms with Gasteiger partial charge in [0.05, 0.1) is 18.3 Å². The fourth-order valence-electron chi connectivity index (χ4n) is 3.70. The first kappa shape index (κ1) is 18.1. The Hall–Kier alpha value is -2.32. The molecule has 1 aliphatic rings. The number of nitrogens with zero attached hydrogens (tertiary/aromatic N) is 6. The maximum Gasteiger partial charge on any atom is 0.168 e. The third kappa shape index (κ3) is 3.86. The van der Waals surface area contributed by atoms with Crippen molar-refractivity contribution >= 4 is 17.0 Å². The van der Waals surface area contributed by atoms with Crippen molar-refractivity contribution in [1.82, 2.24) is 25.1 Å². The Morgan fingerprint density at radius 1 is 1.11 bits per heavy atom. The molecule has 1 fully saturated rings. The summed E-state index contributed by atoms with van der Waals surface area (Å²) in [5.41, 5.74) is 0.688. The smallest absolute Gasteiger partial charge is 0.168 e. The van der Waals surface area contributed by atoms with E-state index in [2.05, 4.69) is 43.7 Å². The van der Waals surface area contributed by atoms with E-state index >= 15 is 0 Å². The van der Waals surface area contributed by atoms with E-state index in [0.717, 1.165) is 38.4 Å². The number of hydrogen-bond acceptors (Lipinski definition) is 6. The number of benzene rings is 1. The van der Waals surface area contributed by atoms with Crippen LogP contribution in [0.2, 0.25) is 0 Å². The lowest BCUT2D eigenvalue weighted by atomic mass is 10.1. The summed E-state index contributed by atoms with van der Waals surface area (Å²) in [4.78, 5) is 5.77. The number of aromatic nitrogens is 4. The molecule has 0 N–H and O–H groups in total. The first-order chi connectivity index (χ1) is 13.3. The Balaban J connectivity index is 1.46. The number of tetrazole rings is 1. The summed E-state index contributed by atoms with van der Waals surface area (Å²) in [5, 5.41) is 14.5. The van der Waals surface area contributed by atoms with E-state index in [9.17, 15) is 4.39 Å². The lowest BCUT2D eigenvalue weighted by Crippen LogP contribution is -2.48. The van der Waals surface area contributed by atoms with E-state index in [1.807, 2.05) is 22.9 Å². The SMILES string of the molecule is CCC(c1nnnn1Cc1cccs1)N1CCN(c2ccccc2F)CC1. The zero-order chi connectivity index (χ0) is 18.6. The van der Waals surface area contributed by atoms with Crippen molar-refractivity contribution in [2.45, 2.75) is 25.9 Å². The molecule has 0 bridgehead atoms. The number of anilines is 1. The second kappa shape index (κ2) is 8.14. The quantitative estimate of drug-likeness (QED) is 0.651. The highest BCUT2D eigenvalue weighted by atomic mass is 32.1. The van der Waals surface area contributed by atoms with Gasteiger partial charge in [-0.2, -0.15) is 0 Å². The highest BCUT2D eigenvalue weighted by Crippen LogP contribution is 2.27. The largest absolute Gasteiger partial charge is 0.367 e. The molecule has 0 spiro atoms. The summed E-state index contributed by atoms with van der Waals surface area (Å²) in [5.74, 6) is 0.753. The minimum absolute atomic E-state index is 0.155. The third-order valence-corrected chi connectivity index (χ3v) is 5.94. The minimum atomic E-state index is -0.155. The first-order valence-electron chi connectivity index (χ1n) is 9.28. The van der Waals surface area contributed by atoms with Crippen LogP contribution in [0.5, 0.6) is 0 Å². The van der Waals surface area contributed by atoms with E-state index in [-0.39, 0.29) is 11.9 Å². The molecule has 0 aliphatic carbocycles. The molecule has 1 aromatic carbocycles. The third-order valence-electron chi connectivity index (χ3n) is 5.08. The van der Waals surface area contributed by atoms with Crippen molar-refractivity contribution in [2.75, 3.05) is 31.1 Å². The molecule has 142 valence electrons. The lowest BCUT2D eigenvalue weighted by Gasteiger charge is -2.39. The molecule has 27 heavy (non-hydrogen) atoms. The minimum Gasteiger partial charge on any atom is -0.367 e. The van der Waals surface area contributed by atoms with Crippen LogP contribution in [0, 0.1) is 5.82 Å². The fourth-order valence-corrected chi connectivity index (χ4v) is 4.39. The fraction of sp³-hybridized carbons (Fsp3) is 0.421. The molecule has 1 aliphatic heterocycles. The molecule has 0 saturated carbocycles. The van der Waals surface area contributed by atoms with E-state index in [4.69, 9.17) is 0 Å². The van der Waals surface area contributed by atoms with Crippen LogP contribution in [-0.4, -0.2) is 51.3 Å². The second-order valence-corrected chi connectivity index (χ2v) is 7.70. The number of para-hydroxylation sites is 1. The summed E-state index contributed by atoms with van der Waals surface area (Å²) in [6, 6.07) is 11.3. The van der Waals surface area contributed by atoms with Crippen LogP contribution in [0.4, 0.5) is 10.1 Å². The Bertz CT molecular complexity index is 857. The summed E-state index contributed by atoms with van der Waals surface area (Å²) in [7, 11) is 0. The van der Waals surface area contributed by atoms with Crippen LogP contribution >= 0.6 is 11.3 Å². The van der Waals surface area contributed by atoms with Gasteiger partial charge in [0.2, 0.25) is 0 Å². The van der Waals surface area contributed by atoms with Crippen molar-refractivity contribution in [3.05, 3.63) is 58.3 Å². The van der Waals surface area contributed by atoms with E-state index in [1.54, 1.807) is 17.4 Å². The van der Waals surface area contributed by atoms with Gasteiger partial charge in [-0.05, 0) is 40.4 Å².